The second-order valence-corrected chi connectivity index (χ2v) is 3.82. The maximum atomic E-state index is 12.4. The van der Waals surface area contributed by atoms with Crippen LogP contribution in [0, 0.1) is 0 Å². The van der Waals surface area contributed by atoms with E-state index in [1.165, 1.54) is 0 Å². The lowest BCUT2D eigenvalue weighted by Crippen LogP contribution is -2.10. The first-order valence-corrected chi connectivity index (χ1v) is 5.37. The van der Waals surface area contributed by atoms with Gasteiger partial charge >= 0.3 is 12.4 Å². The van der Waals surface area contributed by atoms with E-state index < -0.39 is 29.7 Å². The van der Waals surface area contributed by atoms with Crippen LogP contribution in [-0.2, 0) is 12.4 Å². The zero-order chi connectivity index (χ0) is 15.7. The molecule has 0 spiro atoms. The smallest absolute Gasteiger partial charge is 0.323 e. The molecule has 2 aromatic heterocycles. The third-order valence-corrected chi connectivity index (χ3v) is 2.26. The van der Waals surface area contributed by atoms with E-state index in [0.29, 0.717) is 12.1 Å². The summed E-state index contributed by atoms with van der Waals surface area (Å²) in [7, 11) is 0. The normalized spacial score (nSPS) is 12.3. The summed E-state index contributed by atoms with van der Waals surface area (Å²) in [4.78, 5) is 9.91. The van der Waals surface area contributed by atoms with Crippen molar-refractivity contribution in [1.29, 1.82) is 0 Å². The second kappa shape index (κ2) is 5.19. The predicted molar refractivity (Wildman–Crippen MR) is 59.6 cm³/mol. The Morgan fingerprint density at radius 1 is 0.810 bits per heavy atom. The van der Waals surface area contributed by atoms with Gasteiger partial charge < -0.3 is 5.32 Å². The number of hydrogen-bond acceptors (Lipinski definition) is 4. The van der Waals surface area contributed by atoms with Crippen molar-refractivity contribution in [3.8, 4) is 0 Å². The van der Waals surface area contributed by atoms with Crippen LogP contribution >= 0.6 is 0 Å². The molecule has 0 aliphatic carbocycles. The molecule has 0 aliphatic heterocycles. The lowest BCUT2D eigenvalue weighted by molar-refractivity contribution is -0.142. The molecule has 2 rings (SSSR count). The molecule has 0 saturated heterocycles. The monoisotopic (exact) mass is 308 g/mol. The molecule has 1 N–H and O–H groups in total. The summed E-state index contributed by atoms with van der Waals surface area (Å²) < 4.78 is 74.2. The summed E-state index contributed by atoms with van der Waals surface area (Å²) in [6.45, 7) is 0. The van der Waals surface area contributed by atoms with Crippen molar-refractivity contribution in [2.24, 2.45) is 0 Å². The standard InChI is InChI=1S/C11H6F6N4/c12-10(13,14)7-2-1-6(5-19-7)20-9-18-4-3-8(21-9)11(15,16)17/h1-5H,(H,18,20,21). The van der Waals surface area contributed by atoms with Gasteiger partial charge in [0, 0.05) is 6.20 Å². The molecule has 0 atom stereocenters. The van der Waals surface area contributed by atoms with Crippen molar-refractivity contribution < 1.29 is 26.3 Å². The van der Waals surface area contributed by atoms with Gasteiger partial charge in [0.05, 0.1) is 11.9 Å². The average molecular weight is 308 g/mol. The van der Waals surface area contributed by atoms with Crippen molar-refractivity contribution in [2.75, 3.05) is 5.32 Å². The van der Waals surface area contributed by atoms with E-state index in [1.807, 2.05) is 0 Å². The van der Waals surface area contributed by atoms with E-state index in [2.05, 4.69) is 20.3 Å². The van der Waals surface area contributed by atoms with Gasteiger partial charge in [0.15, 0.2) is 0 Å². The van der Waals surface area contributed by atoms with Crippen LogP contribution in [0.3, 0.4) is 0 Å². The van der Waals surface area contributed by atoms with Gasteiger partial charge in [-0.2, -0.15) is 26.3 Å². The number of anilines is 2. The van der Waals surface area contributed by atoms with Gasteiger partial charge in [-0.1, -0.05) is 0 Å². The van der Waals surface area contributed by atoms with E-state index in [-0.39, 0.29) is 5.69 Å². The molecule has 0 bridgehead atoms. The summed E-state index contributed by atoms with van der Waals surface area (Å²) in [6.07, 6.45) is -7.52. The minimum Gasteiger partial charge on any atom is -0.323 e. The fourth-order valence-electron chi connectivity index (χ4n) is 1.34. The Morgan fingerprint density at radius 2 is 1.48 bits per heavy atom. The number of hydrogen-bond donors (Lipinski definition) is 1. The van der Waals surface area contributed by atoms with Crippen LogP contribution in [0.2, 0.25) is 0 Å². The highest BCUT2D eigenvalue weighted by Crippen LogP contribution is 2.29. The fraction of sp³-hybridized carbons (Fsp3) is 0.182. The molecule has 0 fully saturated rings. The number of aromatic nitrogens is 3. The first-order valence-electron chi connectivity index (χ1n) is 5.37. The highest BCUT2D eigenvalue weighted by atomic mass is 19.4. The Bertz CT molecular complexity index is 620. The molecule has 112 valence electrons. The molecule has 10 heteroatoms. The molecule has 0 aromatic carbocycles. The van der Waals surface area contributed by atoms with Crippen LogP contribution in [0.15, 0.2) is 30.6 Å². The third-order valence-electron chi connectivity index (χ3n) is 2.26. The summed E-state index contributed by atoms with van der Waals surface area (Å²) in [5.41, 5.74) is -2.25. The highest BCUT2D eigenvalue weighted by molar-refractivity contribution is 5.51. The first kappa shape index (κ1) is 15.0. The summed E-state index contributed by atoms with van der Waals surface area (Å²) in [6, 6.07) is 2.38. The van der Waals surface area contributed by atoms with Gasteiger partial charge in [-0.05, 0) is 18.2 Å². The van der Waals surface area contributed by atoms with E-state index in [9.17, 15) is 26.3 Å². The molecular formula is C11H6F6N4. The SMILES string of the molecule is FC(F)(F)c1ccc(Nc2nccc(C(F)(F)F)n2)cn1. The lowest BCUT2D eigenvalue weighted by Gasteiger charge is -2.09. The molecule has 0 amide bonds. The average Bonchev–Trinajstić information content (AvgIpc) is 2.37. The van der Waals surface area contributed by atoms with Crippen LogP contribution in [0.25, 0.3) is 0 Å². The first-order chi connectivity index (χ1) is 9.66. The Morgan fingerprint density at radius 3 is 2.00 bits per heavy atom. The quantitative estimate of drug-likeness (QED) is 0.860. The fourth-order valence-corrected chi connectivity index (χ4v) is 1.34. The number of pyridine rings is 1. The molecule has 0 radical (unpaired) electrons. The van der Waals surface area contributed by atoms with Crippen molar-refractivity contribution in [3.05, 3.63) is 42.0 Å². The Balaban J connectivity index is 2.19. The summed E-state index contributed by atoms with van der Waals surface area (Å²) in [5.74, 6) is -0.397. The number of nitrogens with zero attached hydrogens (tertiary/aromatic N) is 3. The minimum absolute atomic E-state index is 0.0299. The topological polar surface area (TPSA) is 50.7 Å². The van der Waals surface area contributed by atoms with Gasteiger partial charge in [-0.25, -0.2) is 15.0 Å². The Hall–Kier alpha value is -2.39. The van der Waals surface area contributed by atoms with Crippen LogP contribution < -0.4 is 5.32 Å². The van der Waals surface area contributed by atoms with E-state index in [1.54, 1.807) is 0 Å². The zero-order valence-corrected chi connectivity index (χ0v) is 10.00. The molecule has 0 saturated carbocycles. The summed E-state index contributed by atoms with van der Waals surface area (Å²) >= 11 is 0. The summed E-state index contributed by atoms with van der Waals surface area (Å²) in [5, 5.41) is 2.34. The van der Waals surface area contributed by atoms with Crippen molar-refractivity contribution in [2.45, 2.75) is 12.4 Å². The number of nitrogens with one attached hydrogen (secondary N) is 1. The number of halogens is 6. The van der Waals surface area contributed by atoms with E-state index >= 15 is 0 Å². The van der Waals surface area contributed by atoms with Crippen molar-refractivity contribution in [3.63, 3.8) is 0 Å². The molecule has 2 heterocycles. The third kappa shape index (κ3) is 3.80. The Kier molecular flexibility index (Phi) is 3.71. The highest BCUT2D eigenvalue weighted by Gasteiger charge is 2.33. The van der Waals surface area contributed by atoms with E-state index in [0.717, 1.165) is 18.5 Å². The molecule has 2 aromatic rings. The van der Waals surface area contributed by atoms with Gasteiger partial charge in [0.2, 0.25) is 5.95 Å². The van der Waals surface area contributed by atoms with Crippen LogP contribution in [0.1, 0.15) is 11.4 Å². The van der Waals surface area contributed by atoms with E-state index in [4.69, 9.17) is 0 Å². The molecule has 0 aliphatic rings. The van der Waals surface area contributed by atoms with Crippen molar-refractivity contribution >= 4 is 11.6 Å². The number of rotatable bonds is 2. The van der Waals surface area contributed by atoms with Gasteiger partial charge in [0.1, 0.15) is 11.4 Å². The lowest BCUT2D eigenvalue weighted by atomic mass is 10.3. The molecule has 4 nitrogen and oxygen atoms in total. The van der Waals surface area contributed by atoms with Gasteiger partial charge in [-0.15, -0.1) is 0 Å². The molecule has 21 heavy (non-hydrogen) atoms. The minimum atomic E-state index is -4.64. The second-order valence-electron chi connectivity index (χ2n) is 3.82. The van der Waals surface area contributed by atoms with Gasteiger partial charge in [0.25, 0.3) is 0 Å². The predicted octanol–water partition coefficient (Wildman–Crippen LogP) is 3.65. The Labute approximate surface area is 113 Å². The maximum absolute atomic E-state index is 12.4. The largest absolute Gasteiger partial charge is 0.433 e. The van der Waals surface area contributed by atoms with Crippen LogP contribution in [-0.4, -0.2) is 15.0 Å². The van der Waals surface area contributed by atoms with Crippen LogP contribution in [0.4, 0.5) is 38.0 Å². The number of alkyl halides is 6. The molecule has 0 unspecified atom stereocenters. The molecular weight excluding hydrogens is 302 g/mol. The van der Waals surface area contributed by atoms with Crippen molar-refractivity contribution in [1.82, 2.24) is 15.0 Å². The van der Waals surface area contributed by atoms with Crippen LogP contribution in [0.5, 0.6) is 0 Å². The maximum Gasteiger partial charge on any atom is 0.433 e. The van der Waals surface area contributed by atoms with Gasteiger partial charge in [-0.3, -0.25) is 0 Å². The zero-order valence-electron chi connectivity index (χ0n) is 10.00.